The van der Waals surface area contributed by atoms with E-state index in [-0.39, 0.29) is 23.5 Å². The van der Waals surface area contributed by atoms with E-state index in [0.717, 1.165) is 68.1 Å². The summed E-state index contributed by atoms with van der Waals surface area (Å²) in [5.74, 6) is 1.90. The van der Waals surface area contributed by atoms with Gasteiger partial charge in [-0.05, 0) is 108 Å². The molecule has 0 bridgehead atoms. The second-order valence-corrected chi connectivity index (χ2v) is 34.7. The summed E-state index contributed by atoms with van der Waals surface area (Å²) in [5, 5.41) is 11.0. The van der Waals surface area contributed by atoms with Crippen LogP contribution < -0.4 is 5.32 Å². The zero-order valence-electron chi connectivity index (χ0n) is 64.5. The maximum absolute atomic E-state index is 15.2. The summed E-state index contributed by atoms with van der Waals surface area (Å²) in [7, 11) is 0. The molecule has 0 spiro atoms. The van der Waals surface area contributed by atoms with E-state index in [1.165, 1.54) is 298 Å². The van der Waals surface area contributed by atoms with Gasteiger partial charge >= 0.3 is 0 Å². The molecule has 0 saturated carbocycles. The number of rotatable bonds is 57. The highest BCUT2D eigenvalue weighted by atomic mass is 127. The predicted molar refractivity (Wildman–Crippen MR) is 451 cm³/mol. The lowest BCUT2D eigenvalue weighted by molar-refractivity contribution is -0.124. The Balaban J connectivity index is 0.000000314. The molecule has 3 unspecified atom stereocenters. The number of alkyl halides is 1. The number of carbonyl (C=O) groups is 4. The Labute approximate surface area is 646 Å². The second kappa shape index (κ2) is 53.4. The van der Waals surface area contributed by atoms with Gasteiger partial charge in [0.15, 0.2) is 5.78 Å². The Kier molecular flexibility index (Phi) is 45.7. The minimum Gasteiger partial charge on any atom is -0.320 e. The van der Waals surface area contributed by atoms with E-state index in [9.17, 15) is 9.59 Å². The molecule has 12 heteroatoms. The molecule has 1 aliphatic carbocycles. The van der Waals surface area contributed by atoms with Gasteiger partial charge in [-0.25, -0.2) is 0 Å². The number of nitrogens with zero attached hydrogens (tertiary/aromatic N) is 2. The molecule has 564 valence electrons. The lowest BCUT2D eigenvalue weighted by Crippen LogP contribution is -2.34. The minimum atomic E-state index is -0.155. The number of allylic oxidation sites excluding steroid dienone is 1. The van der Waals surface area contributed by atoms with Gasteiger partial charge < -0.3 is 15.1 Å². The molecule has 0 aromatic carbocycles. The Hall–Kier alpha value is -3.43. The quantitative estimate of drug-likeness (QED) is 0.0271. The molecule has 8 rings (SSSR count). The first-order valence-corrected chi connectivity index (χ1v) is 46.9. The van der Waals surface area contributed by atoms with Crippen molar-refractivity contribution in [2.24, 2.45) is 17.8 Å². The summed E-state index contributed by atoms with van der Waals surface area (Å²) < 4.78 is 1.38. The lowest BCUT2D eigenvalue weighted by Gasteiger charge is -2.29. The molecule has 4 aliphatic rings. The highest BCUT2D eigenvalue weighted by Crippen LogP contribution is 2.50. The molecule has 4 aromatic heterocycles. The van der Waals surface area contributed by atoms with Gasteiger partial charge in [0.25, 0.3) is 17.7 Å². The van der Waals surface area contributed by atoms with Crippen molar-refractivity contribution < 1.29 is 19.2 Å². The SMILES string of the molecule is CCCCCCCCCCC(CCCCCCCC)CN1C(=O)C2=C(c3cccs3)N(CC(CCCCCCCC)CCCCCCCCCC)C(=O)C2=C1c1cccs1.CCCCCCCCCCC(CI)CCCCCCCC.O=C1CC(c2cccs2)=C2C(=O)NC(c3cccs3)=C12. The molecule has 0 radical (unpaired) electrons. The van der Waals surface area contributed by atoms with Crippen molar-refractivity contribution in [1.29, 1.82) is 0 Å². The first-order chi connectivity index (χ1) is 49.6. The van der Waals surface area contributed by atoms with Crippen molar-refractivity contribution in [1.82, 2.24) is 15.1 Å². The fourth-order valence-electron chi connectivity index (χ4n) is 15.5. The van der Waals surface area contributed by atoms with Gasteiger partial charge in [0.05, 0.1) is 54.0 Å². The van der Waals surface area contributed by atoms with E-state index in [1.54, 1.807) is 34.0 Å². The van der Waals surface area contributed by atoms with E-state index >= 15 is 9.59 Å². The van der Waals surface area contributed by atoms with Crippen LogP contribution in [0.3, 0.4) is 0 Å². The van der Waals surface area contributed by atoms with Gasteiger partial charge in [0, 0.05) is 28.8 Å². The van der Waals surface area contributed by atoms with Gasteiger partial charge in [-0.2, -0.15) is 0 Å². The number of thiophene rings is 4. The molecule has 7 nitrogen and oxygen atoms in total. The van der Waals surface area contributed by atoms with Crippen molar-refractivity contribution in [3.8, 4) is 0 Å². The smallest absolute Gasteiger partial charge is 0.261 e. The highest BCUT2D eigenvalue weighted by Gasteiger charge is 2.50. The van der Waals surface area contributed by atoms with E-state index in [4.69, 9.17) is 0 Å². The lowest BCUT2D eigenvalue weighted by atomic mass is 9.93. The van der Waals surface area contributed by atoms with E-state index in [2.05, 4.69) is 114 Å². The monoisotopic (exact) mass is 1570 g/mol. The van der Waals surface area contributed by atoms with Crippen molar-refractivity contribution in [2.75, 3.05) is 17.5 Å². The largest absolute Gasteiger partial charge is 0.320 e. The number of unbranched alkanes of at least 4 members (excludes halogenated alkanes) is 36. The average Bonchev–Trinajstić information content (AvgIpc) is 1.56. The van der Waals surface area contributed by atoms with E-state index in [0.29, 0.717) is 59.3 Å². The van der Waals surface area contributed by atoms with Crippen molar-refractivity contribution in [3.05, 3.63) is 112 Å². The number of amides is 3. The Morgan fingerprint density at radius 2 is 0.624 bits per heavy atom. The number of nitrogens with one attached hydrogen (secondary N) is 1. The van der Waals surface area contributed by atoms with Gasteiger partial charge in [0.2, 0.25) is 0 Å². The number of carbonyl (C=O) groups excluding carboxylic acids is 4. The summed E-state index contributed by atoms with van der Waals surface area (Å²) >= 11 is 9.05. The number of Topliss-reactive ketones (excluding diaryl/α,β-unsaturated/α-hetero) is 1. The summed E-state index contributed by atoms with van der Waals surface area (Å²) in [6, 6.07) is 16.2. The second-order valence-electron chi connectivity index (χ2n) is 30.1. The predicted octanol–water partition coefficient (Wildman–Crippen LogP) is 28.8. The van der Waals surface area contributed by atoms with Gasteiger partial charge in [0.1, 0.15) is 0 Å². The van der Waals surface area contributed by atoms with E-state index < -0.39 is 0 Å². The molecular weight excluding hydrogens is 1430 g/mol. The molecular formula is C89H138IN3O4S4. The van der Waals surface area contributed by atoms with Crippen LogP contribution in [0, 0.1) is 17.8 Å². The molecule has 3 aliphatic heterocycles. The van der Waals surface area contributed by atoms with Gasteiger partial charge in [-0.1, -0.05) is 358 Å². The van der Waals surface area contributed by atoms with Gasteiger partial charge in [-0.15, -0.1) is 45.3 Å². The number of fused-ring (bicyclic) bond motifs is 2. The van der Waals surface area contributed by atoms with Crippen LogP contribution in [-0.4, -0.2) is 50.8 Å². The maximum atomic E-state index is 15.2. The summed E-state index contributed by atoms with van der Waals surface area (Å²) in [5.41, 5.74) is 5.84. The molecule has 0 fully saturated rings. The standard InChI is InChI=1S/C54H88N2O2S2.C20H41I.C15H9NO2S2/c1-5-9-13-17-21-23-27-31-37-45(35-29-25-19-15-11-7-3)43-55-51(47-39-33-41-59-47)49-50(53(55)57)52(48-40-34-42-60-48)56(54(49)58)44-46(36-30-26-20-16-12-8-4)38-32-28-24-22-18-14-10-6-2;1-3-5-7-9-11-12-14-16-18-20(19-21)17-15-13-10-8-6-4-2;17-9-7-8(10-3-1-5-19-10)12-13(9)14(16-15(12)18)11-4-2-6-20-11/h33-34,39-42,45-46H,5-32,35-38,43-44H2,1-4H3;20H,3-19H2,1-2H3;1-6H,7H2,(H,16,18). The zero-order chi connectivity index (χ0) is 71.9. The highest BCUT2D eigenvalue weighted by molar-refractivity contribution is 14.1. The third kappa shape index (κ3) is 30.4. The summed E-state index contributed by atoms with van der Waals surface area (Å²) in [6.45, 7) is 15.2. The van der Waals surface area contributed by atoms with Crippen molar-refractivity contribution in [2.45, 2.75) is 356 Å². The molecule has 4 aromatic rings. The number of hydrogen-bond acceptors (Lipinski definition) is 8. The van der Waals surface area contributed by atoms with E-state index in [1.807, 2.05) is 35.0 Å². The first-order valence-electron chi connectivity index (χ1n) is 41.8. The molecule has 3 atom stereocenters. The Bertz CT molecular complexity index is 2810. The average molecular weight is 1570 g/mol. The summed E-state index contributed by atoms with van der Waals surface area (Å²) in [4.78, 5) is 63.1. The van der Waals surface area contributed by atoms with Crippen LogP contribution in [0.1, 0.15) is 376 Å². The summed E-state index contributed by atoms with van der Waals surface area (Å²) in [6.07, 6.45) is 65.0. The number of hydrogen-bond donors (Lipinski definition) is 1. The van der Waals surface area contributed by atoms with Crippen LogP contribution in [-0.2, 0) is 19.2 Å². The third-order valence-electron chi connectivity index (χ3n) is 21.6. The van der Waals surface area contributed by atoms with Gasteiger partial charge in [-0.3, -0.25) is 19.2 Å². The third-order valence-corrected chi connectivity index (χ3v) is 26.4. The zero-order valence-corrected chi connectivity index (χ0v) is 69.9. The Morgan fingerprint density at radius 3 is 0.911 bits per heavy atom. The number of halogens is 1. The van der Waals surface area contributed by atoms with Crippen molar-refractivity contribution in [3.63, 3.8) is 0 Å². The molecule has 3 amide bonds. The van der Waals surface area contributed by atoms with Crippen LogP contribution in [0.5, 0.6) is 0 Å². The van der Waals surface area contributed by atoms with Crippen molar-refractivity contribution >= 4 is 114 Å². The Morgan fingerprint density at radius 1 is 0.347 bits per heavy atom. The first kappa shape index (κ1) is 86.5. The maximum Gasteiger partial charge on any atom is 0.261 e. The molecule has 101 heavy (non-hydrogen) atoms. The van der Waals surface area contributed by atoms with Crippen LogP contribution in [0.15, 0.2) is 92.3 Å². The normalized spacial score (nSPS) is 15.3. The fraction of sp³-hybridized carbons (Fsp3) is 0.685. The minimum absolute atomic E-state index is 0.0325. The van der Waals surface area contributed by atoms with Crippen LogP contribution in [0.2, 0.25) is 0 Å². The topological polar surface area (TPSA) is 86.8 Å². The van der Waals surface area contributed by atoms with Crippen LogP contribution in [0.25, 0.3) is 22.7 Å². The number of ketones is 1. The molecule has 0 saturated heterocycles. The molecule has 1 N–H and O–H groups in total. The van der Waals surface area contributed by atoms with Crippen LogP contribution in [0.4, 0.5) is 0 Å². The molecule has 7 heterocycles. The fourth-order valence-corrected chi connectivity index (χ4v) is 19.5. The van der Waals surface area contributed by atoms with Crippen LogP contribution >= 0.6 is 67.9 Å².